The Morgan fingerprint density at radius 3 is 1.69 bits per heavy atom. The maximum atomic E-state index is 6.51. The fraction of sp³-hybridized carbons (Fsp3) is 0.0588. The first kappa shape index (κ1) is 29.3. The van der Waals surface area contributed by atoms with Gasteiger partial charge in [-0.3, -0.25) is 0 Å². The van der Waals surface area contributed by atoms with Crippen molar-refractivity contribution in [2.75, 3.05) is 0 Å². The quantitative estimate of drug-likeness (QED) is 0.172. The lowest BCUT2D eigenvalue weighted by Gasteiger charge is -2.22. The fourth-order valence-corrected chi connectivity index (χ4v) is 9.15. The Labute approximate surface area is 302 Å². The van der Waals surface area contributed by atoms with Crippen molar-refractivity contribution in [1.82, 2.24) is 0 Å². The van der Waals surface area contributed by atoms with Crippen LogP contribution in [0.5, 0.6) is 0 Å². The molecule has 52 heavy (non-hydrogen) atoms. The summed E-state index contributed by atoms with van der Waals surface area (Å²) in [5.41, 5.74) is 14.8. The summed E-state index contributed by atoms with van der Waals surface area (Å²) in [5, 5.41) is 9.63. The van der Waals surface area contributed by atoms with E-state index in [1.807, 2.05) is 0 Å². The Morgan fingerprint density at radius 2 is 0.942 bits per heavy atom. The van der Waals surface area contributed by atoms with Gasteiger partial charge in [0.15, 0.2) is 0 Å². The van der Waals surface area contributed by atoms with Gasteiger partial charge in [0.1, 0.15) is 11.2 Å². The number of hydrogen-bond donors (Lipinski definition) is 0. The van der Waals surface area contributed by atoms with Crippen LogP contribution in [0.2, 0.25) is 0 Å². The lowest BCUT2D eigenvalue weighted by molar-refractivity contribution is 0.660. The van der Waals surface area contributed by atoms with E-state index in [1.165, 1.54) is 82.6 Å². The van der Waals surface area contributed by atoms with Crippen LogP contribution in [0, 0.1) is 0 Å². The Hall–Kier alpha value is -6.44. The van der Waals surface area contributed by atoms with Gasteiger partial charge in [0.05, 0.1) is 0 Å². The van der Waals surface area contributed by atoms with Crippen LogP contribution in [-0.4, -0.2) is 0 Å². The Balaban J connectivity index is 1.10. The number of benzene rings is 9. The third kappa shape index (κ3) is 4.11. The SMILES string of the molecule is CC1(C)c2ccccc2-c2ccc(-c3cccc(-c4c5ccccc5c(-c5ccc6oc7c8ccccc8ccc7c6c5)c5ccccc45)c3)cc21. The van der Waals surface area contributed by atoms with E-state index in [1.54, 1.807) is 0 Å². The van der Waals surface area contributed by atoms with Crippen LogP contribution in [0.15, 0.2) is 174 Å². The average Bonchev–Trinajstić information content (AvgIpc) is 3.68. The van der Waals surface area contributed by atoms with Crippen molar-refractivity contribution < 1.29 is 4.42 Å². The highest BCUT2D eigenvalue weighted by Crippen LogP contribution is 2.50. The van der Waals surface area contributed by atoms with Crippen molar-refractivity contribution in [1.29, 1.82) is 0 Å². The molecule has 1 aromatic heterocycles. The molecule has 9 aromatic carbocycles. The minimum Gasteiger partial charge on any atom is -0.455 e. The molecule has 1 heterocycles. The Morgan fingerprint density at radius 1 is 0.365 bits per heavy atom. The summed E-state index contributed by atoms with van der Waals surface area (Å²) in [6.45, 7) is 4.71. The number of hydrogen-bond acceptors (Lipinski definition) is 1. The Kier molecular flexibility index (Phi) is 6.08. The Bertz CT molecular complexity index is 3040. The maximum Gasteiger partial charge on any atom is 0.143 e. The molecule has 1 heteroatoms. The van der Waals surface area contributed by atoms with E-state index in [0.717, 1.165) is 27.3 Å². The van der Waals surface area contributed by atoms with Gasteiger partial charge in [-0.2, -0.15) is 0 Å². The lowest BCUT2D eigenvalue weighted by atomic mass is 9.81. The van der Waals surface area contributed by atoms with Crippen molar-refractivity contribution in [2.24, 2.45) is 0 Å². The summed E-state index contributed by atoms with van der Waals surface area (Å²) in [6, 6.07) is 62.5. The molecule has 1 nitrogen and oxygen atoms in total. The van der Waals surface area contributed by atoms with Gasteiger partial charge in [-0.1, -0.05) is 153 Å². The molecule has 0 N–H and O–H groups in total. The van der Waals surface area contributed by atoms with Crippen molar-refractivity contribution in [2.45, 2.75) is 19.3 Å². The second kappa shape index (κ2) is 10.8. The summed E-state index contributed by atoms with van der Waals surface area (Å²) >= 11 is 0. The van der Waals surface area contributed by atoms with Crippen LogP contribution in [0.4, 0.5) is 0 Å². The smallest absolute Gasteiger partial charge is 0.143 e. The van der Waals surface area contributed by atoms with Gasteiger partial charge in [0.2, 0.25) is 0 Å². The second-order valence-corrected chi connectivity index (χ2v) is 14.8. The van der Waals surface area contributed by atoms with Gasteiger partial charge in [-0.25, -0.2) is 0 Å². The molecule has 11 rings (SSSR count). The van der Waals surface area contributed by atoms with E-state index in [-0.39, 0.29) is 5.41 Å². The summed E-state index contributed by atoms with van der Waals surface area (Å²) in [5.74, 6) is 0. The topological polar surface area (TPSA) is 13.1 Å². The lowest BCUT2D eigenvalue weighted by Crippen LogP contribution is -2.14. The number of furan rings is 1. The monoisotopic (exact) mass is 662 g/mol. The van der Waals surface area contributed by atoms with Crippen LogP contribution < -0.4 is 0 Å². The maximum absolute atomic E-state index is 6.51. The molecule has 1 aliphatic rings. The molecule has 10 aromatic rings. The molecule has 1 aliphatic carbocycles. The van der Waals surface area contributed by atoms with E-state index in [4.69, 9.17) is 4.42 Å². The van der Waals surface area contributed by atoms with E-state index in [0.29, 0.717) is 0 Å². The summed E-state index contributed by atoms with van der Waals surface area (Å²) in [4.78, 5) is 0. The van der Waals surface area contributed by atoms with E-state index in [2.05, 4.69) is 184 Å². The van der Waals surface area contributed by atoms with Crippen LogP contribution in [-0.2, 0) is 5.41 Å². The predicted octanol–water partition coefficient (Wildman–Crippen LogP) is 14.4. The molecule has 0 saturated carbocycles. The van der Waals surface area contributed by atoms with Crippen LogP contribution >= 0.6 is 0 Å². The van der Waals surface area contributed by atoms with Gasteiger partial charge in [0.25, 0.3) is 0 Å². The largest absolute Gasteiger partial charge is 0.455 e. The van der Waals surface area contributed by atoms with Crippen molar-refractivity contribution in [3.05, 3.63) is 181 Å². The van der Waals surface area contributed by atoms with Gasteiger partial charge in [-0.05, 0) is 113 Å². The third-order valence-electron chi connectivity index (χ3n) is 11.6. The summed E-state index contributed by atoms with van der Waals surface area (Å²) in [7, 11) is 0. The fourth-order valence-electron chi connectivity index (χ4n) is 9.15. The molecular formula is C51H34O. The molecule has 244 valence electrons. The van der Waals surface area contributed by atoms with Crippen LogP contribution in [0.3, 0.4) is 0 Å². The number of fused-ring (bicyclic) bond motifs is 10. The highest BCUT2D eigenvalue weighted by Gasteiger charge is 2.35. The zero-order valence-corrected chi connectivity index (χ0v) is 29.1. The summed E-state index contributed by atoms with van der Waals surface area (Å²) in [6.07, 6.45) is 0. The minimum absolute atomic E-state index is 0.0403. The molecular weight excluding hydrogens is 629 g/mol. The van der Waals surface area contributed by atoms with Gasteiger partial charge < -0.3 is 4.42 Å². The summed E-state index contributed by atoms with van der Waals surface area (Å²) < 4.78 is 6.51. The molecule has 0 saturated heterocycles. The standard InChI is InChI=1S/C51H34O/c1-51(2)45-21-10-9-16-37(45)38-25-23-33(30-46(38)51)32-13-11-14-34(28-32)48-39-17-5-7-19-41(39)49(42-20-8-6-18-40(42)48)35-24-27-47-44(29-35)43-26-22-31-12-3-4-15-36(31)50(43)52-47/h3-30H,1-2H3. The van der Waals surface area contributed by atoms with Crippen molar-refractivity contribution >= 4 is 54.3 Å². The first-order chi connectivity index (χ1) is 25.5. The molecule has 0 fully saturated rings. The highest BCUT2D eigenvalue weighted by molar-refractivity contribution is 6.23. The first-order valence-electron chi connectivity index (χ1n) is 18.2. The van der Waals surface area contributed by atoms with Gasteiger partial charge >= 0.3 is 0 Å². The van der Waals surface area contributed by atoms with Crippen molar-refractivity contribution in [3.63, 3.8) is 0 Å². The van der Waals surface area contributed by atoms with Gasteiger partial charge in [-0.15, -0.1) is 0 Å². The first-order valence-corrected chi connectivity index (χ1v) is 18.2. The zero-order chi connectivity index (χ0) is 34.6. The average molecular weight is 663 g/mol. The molecule has 0 radical (unpaired) electrons. The predicted molar refractivity (Wildman–Crippen MR) is 220 cm³/mol. The minimum atomic E-state index is -0.0403. The van der Waals surface area contributed by atoms with Crippen molar-refractivity contribution in [3.8, 4) is 44.5 Å². The van der Waals surface area contributed by atoms with E-state index in [9.17, 15) is 0 Å². The zero-order valence-electron chi connectivity index (χ0n) is 29.1. The normalized spacial score (nSPS) is 13.3. The second-order valence-electron chi connectivity index (χ2n) is 14.8. The number of rotatable bonds is 3. The van der Waals surface area contributed by atoms with E-state index < -0.39 is 0 Å². The van der Waals surface area contributed by atoms with Crippen LogP contribution in [0.1, 0.15) is 25.0 Å². The third-order valence-corrected chi connectivity index (χ3v) is 11.6. The van der Waals surface area contributed by atoms with E-state index >= 15 is 0 Å². The molecule has 0 amide bonds. The molecule has 0 aliphatic heterocycles. The molecule has 0 atom stereocenters. The highest BCUT2D eigenvalue weighted by atomic mass is 16.3. The molecule has 0 bridgehead atoms. The van der Waals surface area contributed by atoms with Crippen LogP contribution in [0.25, 0.3) is 98.8 Å². The molecule has 0 unspecified atom stereocenters. The van der Waals surface area contributed by atoms with Gasteiger partial charge in [0, 0.05) is 21.6 Å². The molecule has 0 spiro atoms.